The van der Waals surface area contributed by atoms with Crippen LogP contribution in [-0.4, -0.2) is 38.8 Å². The highest BCUT2D eigenvalue weighted by atomic mass is 16.5. The van der Waals surface area contributed by atoms with Crippen molar-refractivity contribution in [1.82, 2.24) is 15.0 Å². The zero-order chi connectivity index (χ0) is 11.4. The van der Waals surface area contributed by atoms with Gasteiger partial charge in [-0.15, -0.1) is 0 Å². The van der Waals surface area contributed by atoms with Crippen LogP contribution in [0.3, 0.4) is 0 Å². The number of aromatic nitrogens is 2. The molecule has 0 aliphatic rings. The molecule has 1 rings (SSSR count). The molecule has 0 saturated heterocycles. The fraction of sp³-hybridized carbons (Fsp3) is 0.800. The van der Waals surface area contributed by atoms with Gasteiger partial charge in [0.2, 0.25) is 5.89 Å². The van der Waals surface area contributed by atoms with Crippen molar-refractivity contribution in [1.29, 1.82) is 0 Å². The number of aliphatic hydroxyl groups excluding tert-OH is 1. The van der Waals surface area contributed by atoms with Gasteiger partial charge in [-0.25, -0.2) is 0 Å². The Morgan fingerprint density at radius 1 is 1.40 bits per heavy atom. The molecule has 0 fully saturated rings. The first-order chi connectivity index (χ1) is 6.99. The highest BCUT2D eigenvalue weighted by molar-refractivity contribution is 4.85. The monoisotopic (exact) mass is 213 g/mol. The average molecular weight is 213 g/mol. The second kappa shape index (κ2) is 5.23. The Balaban J connectivity index is 2.58. The molecule has 1 unspecified atom stereocenters. The van der Waals surface area contributed by atoms with E-state index in [0.717, 1.165) is 0 Å². The van der Waals surface area contributed by atoms with Gasteiger partial charge in [0.1, 0.15) is 0 Å². The topological polar surface area (TPSA) is 62.4 Å². The second-order valence-electron chi connectivity index (χ2n) is 4.10. The van der Waals surface area contributed by atoms with Crippen molar-refractivity contribution >= 4 is 0 Å². The molecule has 0 bridgehead atoms. The molecule has 0 aromatic carbocycles. The Hall–Kier alpha value is -0.940. The number of nitrogens with zero attached hydrogens (tertiary/aromatic N) is 3. The molecule has 1 atom stereocenters. The van der Waals surface area contributed by atoms with Crippen molar-refractivity contribution in [3.8, 4) is 0 Å². The van der Waals surface area contributed by atoms with E-state index in [-0.39, 0.29) is 6.10 Å². The molecule has 15 heavy (non-hydrogen) atoms. The summed E-state index contributed by atoms with van der Waals surface area (Å²) in [6, 6.07) is 0.346. The molecule has 0 saturated carbocycles. The van der Waals surface area contributed by atoms with Gasteiger partial charge in [-0.1, -0.05) is 5.16 Å². The molecule has 0 spiro atoms. The average Bonchev–Trinajstić information content (AvgIpc) is 2.49. The predicted octanol–water partition coefficient (Wildman–Crippen LogP) is 0.969. The molecule has 0 radical (unpaired) electrons. The first kappa shape index (κ1) is 12.1. The van der Waals surface area contributed by atoms with Crippen molar-refractivity contribution in [3.05, 3.63) is 11.7 Å². The lowest BCUT2D eigenvalue weighted by molar-refractivity contribution is 0.100. The van der Waals surface area contributed by atoms with Crippen molar-refractivity contribution in [2.24, 2.45) is 0 Å². The van der Waals surface area contributed by atoms with Crippen LogP contribution < -0.4 is 0 Å². The third-order valence-corrected chi connectivity index (χ3v) is 2.14. The van der Waals surface area contributed by atoms with E-state index in [0.29, 0.717) is 30.8 Å². The molecule has 0 aliphatic heterocycles. The zero-order valence-corrected chi connectivity index (χ0v) is 9.77. The lowest BCUT2D eigenvalue weighted by atomic mass is 10.2. The van der Waals surface area contributed by atoms with Crippen molar-refractivity contribution < 1.29 is 9.63 Å². The summed E-state index contributed by atoms with van der Waals surface area (Å²) >= 11 is 0. The Bertz CT molecular complexity index is 297. The van der Waals surface area contributed by atoms with Gasteiger partial charge in [0, 0.05) is 19.5 Å². The van der Waals surface area contributed by atoms with E-state index >= 15 is 0 Å². The van der Waals surface area contributed by atoms with Gasteiger partial charge in [-0.2, -0.15) is 4.98 Å². The quantitative estimate of drug-likeness (QED) is 0.789. The maximum Gasteiger partial charge on any atom is 0.223 e. The first-order valence-electron chi connectivity index (χ1n) is 5.20. The van der Waals surface area contributed by atoms with Crippen LogP contribution in [-0.2, 0) is 6.54 Å². The minimum Gasteiger partial charge on any atom is -0.392 e. The third kappa shape index (κ3) is 3.97. The van der Waals surface area contributed by atoms with Gasteiger partial charge in [-0.05, 0) is 20.8 Å². The lowest BCUT2D eigenvalue weighted by Crippen LogP contribution is -2.36. The maximum atomic E-state index is 9.35. The Morgan fingerprint density at radius 2 is 2.07 bits per heavy atom. The van der Waals surface area contributed by atoms with E-state index < -0.39 is 0 Å². The van der Waals surface area contributed by atoms with Crippen LogP contribution >= 0.6 is 0 Å². The molecule has 1 heterocycles. The SMILES string of the molecule is Cc1nc(CN(CC(C)O)C(C)C)no1. The van der Waals surface area contributed by atoms with Crippen molar-refractivity contribution in [2.75, 3.05) is 6.54 Å². The van der Waals surface area contributed by atoms with Crippen LogP contribution in [0, 0.1) is 6.92 Å². The fourth-order valence-electron chi connectivity index (χ4n) is 1.38. The highest BCUT2D eigenvalue weighted by Crippen LogP contribution is 2.06. The van der Waals surface area contributed by atoms with Crippen LogP contribution in [0.4, 0.5) is 0 Å². The lowest BCUT2D eigenvalue weighted by Gasteiger charge is -2.26. The van der Waals surface area contributed by atoms with Gasteiger partial charge in [-0.3, -0.25) is 4.90 Å². The molecule has 5 heteroatoms. The summed E-state index contributed by atoms with van der Waals surface area (Å²) in [4.78, 5) is 6.25. The van der Waals surface area contributed by atoms with Crippen LogP contribution in [0.1, 0.15) is 32.5 Å². The third-order valence-electron chi connectivity index (χ3n) is 2.14. The van der Waals surface area contributed by atoms with E-state index in [4.69, 9.17) is 4.52 Å². The summed E-state index contributed by atoms with van der Waals surface area (Å²) in [7, 11) is 0. The summed E-state index contributed by atoms with van der Waals surface area (Å²) in [6.45, 7) is 8.93. The summed E-state index contributed by atoms with van der Waals surface area (Å²) in [5.74, 6) is 1.24. The summed E-state index contributed by atoms with van der Waals surface area (Å²) in [5.41, 5.74) is 0. The molecular weight excluding hydrogens is 194 g/mol. The standard InChI is InChI=1S/C10H19N3O2/c1-7(2)13(5-8(3)14)6-10-11-9(4)15-12-10/h7-8,14H,5-6H2,1-4H3. The van der Waals surface area contributed by atoms with Gasteiger partial charge in [0.05, 0.1) is 12.6 Å². The van der Waals surface area contributed by atoms with Crippen molar-refractivity contribution in [3.63, 3.8) is 0 Å². The van der Waals surface area contributed by atoms with E-state index in [1.807, 2.05) is 0 Å². The molecular formula is C10H19N3O2. The van der Waals surface area contributed by atoms with E-state index in [9.17, 15) is 5.11 Å². The minimum atomic E-state index is -0.347. The van der Waals surface area contributed by atoms with Gasteiger partial charge >= 0.3 is 0 Å². The summed E-state index contributed by atoms with van der Waals surface area (Å²) in [5, 5.41) is 13.2. The molecule has 1 aromatic heterocycles. The summed E-state index contributed by atoms with van der Waals surface area (Å²) in [6.07, 6.45) is -0.347. The smallest absolute Gasteiger partial charge is 0.223 e. The zero-order valence-electron chi connectivity index (χ0n) is 9.77. The maximum absolute atomic E-state index is 9.35. The van der Waals surface area contributed by atoms with E-state index in [2.05, 4.69) is 28.9 Å². The predicted molar refractivity (Wildman–Crippen MR) is 56.3 cm³/mol. The van der Waals surface area contributed by atoms with Gasteiger partial charge in [0.15, 0.2) is 5.82 Å². The Labute approximate surface area is 90.1 Å². The normalized spacial score (nSPS) is 13.8. The largest absolute Gasteiger partial charge is 0.392 e. The Kier molecular flexibility index (Phi) is 4.23. The molecule has 0 amide bonds. The van der Waals surface area contributed by atoms with Crippen LogP contribution in [0.2, 0.25) is 0 Å². The number of aryl methyl sites for hydroxylation is 1. The second-order valence-corrected chi connectivity index (χ2v) is 4.10. The highest BCUT2D eigenvalue weighted by Gasteiger charge is 2.15. The number of aliphatic hydroxyl groups is 1. The molecule has 1 aromatic rings. The van der Waals surface area contributed by atoms with E-state index in [1.165, 1.54) is 0 Å². The minimum absolute atomic E-state index is 0.346. The molecule has 1 N–H and O–H groups in total. The fourth-order valence-corrected chi connectivity index (χ4v) is 1.38. The van der Waals surface area contributed by atoms with E-state index in [1.54, 1.807) is 13.8 Å². The summed E-state index contributed by atoms with van der Waals surface area (Å²) < 4.78 is 4.90. The molecule has 0 aliphatic carbocycles. The van der Waals surface area contributed by atoms with Crippen LogP contribution in [0.5, 0.6) is 0 Å². The Morgan fingerprint density at radius 3 is 2.47 bits per heavy atom. The van der Waals surface area contributed by atoms with Crippen LogP contribution in [0.15, 0.2) is 4.52 Å². The number of rotatable bonds is 5. The van der Waals surface area contributed by atoms with Crippen LogP contribution in [0.25, 0.3) is 0 Å². The first-order valence-corrected chi connectivity index (χ1v) is 5.20. The molecule has 86 valence electrons. The van der Waals surface area contributed by atoms with Gasteiger partial charge in [0.25, 0.3) is 0 Å². The molecule has 5 nitrogen and oxygen atoms in total. The number of hydrogen-bond acceptors (Lipinski definition) is 5. The van der Waals surface area contributed by atoms with Crippen molar-refractivity contribution in [2.45, 2.75) is 46.4 Å². The van der Waals surface area contributed by atoms with Gasteiger partial charge < -0.3 is 9.63 Å². The number of hydrogen-bond donors (Lipinski definition) is 1.